The van der Waals surface area contributed by atoms with Gasteiger partial charge in [-0.05, 0) is 13.8 Å². The molecule has 0 fully saturated rings. The summed E-state index contributed by atoms with van der Waals surface area (Å²) in [7, 11) is -3.13. The van der Waals surface area contributed by atoms with Crippen LogP contribution in [0.4, 0.5) is 0 Å². The van der Waals surface area contributed by atoms with E-state index in [1.165, 1.54) is 13.8 Å². The van der Waals surface area contributed by atoms with E-state index in [1.807, 2.05) is 0 Å². The number of carbonyl (C=O) groups is 1. The molecule has 0 saturated heterocycles. The van der Waals surface area contributed by atoms with Gasteiger partial charge in [-0.25, -0.2) is 4.79 Å². The first kappa shape index (κ1) is 15.3. The maximum atomic E-state index is 10.6. The lowest BCUT2D eigenvalue weighted by Crippen LogP contribution is -2.12. The van der Waals surface area contributed by atoms with Crippen molar-refractivity contribution in [1.82, 2.24) is 0 Å². The zero-order valence-electron chi connectivity index (χ0n) is 7.85. The van der Waals surface area contributed by atoms with Crippen molar-refractivity contribution in [3.63, 3.8) is 0 Å². The van der Waals surface area contributed by atoms with E-state index in [-0.39, 0.29) is 0 Å². The Kier molecular flexibility index (Phi) is 9.25. The van der Waals surface area contributed by atoms with Crippen LogP contribution in [0.5, 0.6) is 0 Å². The molecular formula is C7H12NO5P. The van der Waals surface area contributed by atoms with E-state index in [0.717, 1.165) is 0 Å². The molecule has 0 spiro atoms. The van der Waals surface area contributed by atoms with Crippen molar-refractivity contribution in [3.05, 3.63) is 12.2 Å². The highest BCUT2D eigenvalue weighted by Gasteiger charge is 2.07. The third-order valence-corrected chi connectivity index (χ3v) is 0.814. The summed E-state index contributed by atoms with van der Waals surface area (Å²) >= 11 is 0. The lowest BCUT2D eigenvalue weighted by Gasteiger charge is -2.03. The van der Waals surface area contributed by atoms with Gasteiger partial charge in [-0.2, -0.15) is 5.26 Å². The summed E-state index contributed by atoms with van der Waals surface area (Å²) in [5, 5.41) is 8.21. The molecule has 0 aromatic rings. The SMILES string of the molecule is C=C(C)C(=O)OC(C)C#N.O=[PH](O)O. The lowest BCUT2D eigenvalue weighted by molar-refractivity contribution is -0.141. The molecule has 0 aliphatic carbocycles. The Balaban J connectivity index is 0. The number of hydrogen-bond donors (Lipinski definition) is 2. The number of ether oxygens (including phenoxy) is 1. The van der Waals surface area contributed by atoms with Crippen LogP contribution in [-0.2, 0) is 14.1 Å². The molecule has 0 saturated carbocycles. The van der Waals surface area contributed by atoms with E-state index < -0.39 is 20.3 Å². The number of hydrogen-bond acceptors (Lipinski definition) is 4. The molecule has 0 rings (SSSR count). The minimum Gasteiger partial charge on any atom is -0.444 e. The summed E-state index contributed by atoms with van der Waals surface area (Å²) < 4.78 is 13.3. The van der Waals surface area contributed by atoms with E-state index in [4.69, 9.17) is 19.6 Å². The molecule has 0 aliphatic rings. The normalized spacial score (nSPS) is 10.6. The Morgan fingerprint density at radius 1 is 1.64 bits per heavy atom. The average molecular weight is 221 g/mol. The highest BCUT2D eigenvalue weighted by Crippen LogP contribution is 1.98. The van der Waals surface area contributed by atoms with Crippen LogP contribution >= 0.6 is 8.25 Å². The summed E-state index contributed by atoms with van der Waals surface area (Å²) in [5.41, 5.74) is 0.307. The number of nitrogens with zero attached hydrogens (tertiary/aromatic N) is 1. The molecule has 0 aromatic carbocycles. The van der Waals surface area contributed by atoms with Crippen molar-refractivity contribution in [1.29, 1.82) is 5.26 Å². The maximum Gasteiger partial charge on any atom is 0.334 e. The highest BCUT2D eigenvalue weighted by atomic mass is 31.1. The van der Waals surface area contributed by atoms with Gasteiger partial charge in [0, 0.05) is 5.57 Å². The smallest absolute Gasteiger partial charge is 0.334 e. The van der Waals surface area contributed by atoms with Crippen LogP contribution in [0.2, 0.25) is 0 Å². The fourth-order valence-corrected chi connectivity index (χ4v) is 0.288. The topological polar surface area (TPSA) is 108 Å². The molecule has 1 atom stereocenters. The molecule has 1 unspecified atom stereocenters. The predicted molar refractivity (Wildman–Crippen MR) is 49.4 cm³/mol. The van der Waals surface area contributed by atoms with Crippen molar-refractivity contribution in [2.75, 3.05) is 0 Å². The quantitative estimate of drug-likeness (QED) is 0.396. The van der Waals surface area contributed by atoms with E-state index >= 15 is 0 Å². The van der Waals surface area contributed by atoms with Gasteiger partial charge in [0.2, 0.25) is 0 Å². The third kappa shape index (κ3) is 13.4. The summed E-state index contributed by atoms with van der Waals surface area (Å²) in [5.74, 6) is -0.519. The van der Waals surface area contributed by atoms with Crippen LogP contribution in [-0.4, -0.2) is 21.9 Å². The molecule has 0 aliphatic heterocycles. The zero-order chi connectivity index (χ0) is 11.7. The van der Waals surface area contributed by atoms with Crippen LogP contribution in [0.15, 0.2) is 12.2 Å². The van der Waals surface area contributed by atoms with Gasteiger partial charge in [-0.1, -0.05) is 6.58 Å². The van der Waals surface area contributed by atoms with E-state index in [9.17, 15) is 4.79 Å². The Hall–Kier alpha value is -1.15. The Bertz CT molecular complexity index is 266. The predicted octanol–water partition coefficient (Wildman–Crippen LogP) is 0.378. The lowest BCUT2D eigenvalue weighted by atomic mass is 10.3. The first-order chi connectivity index (χ1) is 6.31. The minimum absolute atomic E-state index is 0.307. The van der Waals surface area contributed by atoms with E-state index in [1.54, 1.807) is 6.07 Å². The van der Waals surface area contributed by atoms with Gasteiger partial charge in [-0.15, -0.1) is 0 Å². The Morgan fingerprint density at radius 2 is 2.00 bits per heavy atom. The molecule has 80 valence electrons. The van der Waals surface area contributed by atoms with Crippen molar-refractivity contribution in [3.8, 4) is 6.07 Å². The maximum absolute atomic E-state index is 10.6. The standard InChI is InChI=1S/C7H9NO2.H3O3P/c1-5(2)7(9)10-6(3)4-8;1-4(2)3/h6H,1H2,2-3H3;4H,(H2,1,2,3). The fourth-order valence-electron chi connectivity index (χ4n) is 0.288. The van der Waals surface area contributed by atoms with Crippen LogP contribution in [0, 0.1) is 11.3 Å². The van der Waals surface area contributed by atoms with Gasteiger partial charge in [0.1, 0.15) is 6.07 Å². The molecule has 0 bridgehead atoms. The molecule has 7 heteroatoms. The van der Waals surface area contributed by atoms with Crippen LogP contribution < -0.4 is 0 Å². The number of rotatable bonds is 2. The molecule has 14 heavy (non-hydrogen) atoms. The molecule has 0 radical (unpaired) electrons. The number of carbonyl (C=O) groups excluding carboxylic acids is 1. The fraction of sp³-hybridized carbons (Fsp3) is 0.429. The highest BCUT2D eigenvalue weighted by molar-refractivity contribution is 7.30. The summed E-state index contributed by atoms with van der Waals surface area (Å²) in [6, 6.07) is 1.77. The van der Waals surface area contributed by atoms with Gasteiger partial charge >= 0.3 is 14.2 Å². The van der Waals surface area contributed by atoms with Crippen LogP contribution in [0.3, 0.4) is 0 Å². The Labute approximate surface area is 82.4 Å². The minimum atomic E-state index is -3.13. The van der Waals surface area contributed by atoms with Crippen molar-refractivity contribution >= 4 is 14.2 Å². The van der Waals surface area contributed by atoms with Crippen molar-refractivity contribution in [2.24, 2.45) is 0 Å². The van der Waals surface area contributed by atoms with Gasteiger partial charge in [-0.3, -0.25) is 4.57 Å². The zero-order valence-corrected chi connectivity index (χ0v) is 8.85. The van der Waals surface area contributed by atoms with Crippen molar-refractivity contribution in [2.45, 2.75) is 20.0 Å². The van der Waals surface area contributed by atoms with Gasteiger partial charge in [0.15, 0.2) is 6.10 Å². The molecular weight excluding hydrogens is 209 g/mol. The molecule has 0 aromatic heterocycles. The van der Waals surface area contributed by atoms with E-state index in [2.05, 4.69) is 11.3 Å². The summed E-state index contributed by atoms with van der Waals surface area (Å²) in [6.45, 7) is 6.39. The van der Waals surface area contributed by atoms with Crippen molar-refractivity contribution < 1.29 is 23.9 Å². The Morgan fingerprint density at radius 3 is 2.21 bits per heavy atom. The third-order valence-electron chi connectivity index (χ3n) is 0.814. The van der Waals surface area contributed by atoms with Gasteiger partial charge in [0.05, 0.1) is 0 Å². The molecule has 2 N–H and O–H groups in total. The second-order valence-electron chi connectivity index (χ2n) is 2.24. The first-order valence-electron chi connectivity index (χ1n) is 3.49. The van der Waals surface area contributed by atoms with Crippen LogP contribution in [0.1, 0.15) is 13.8 Å². The van der Waals surface area contributed by atoms with Gasteiger partial charge in [0.25, 0.3) is 0 Å². The monoisotopic (exact) mass is 221 g/mol. The van der Waals surface area contributed by atoms with Gasteiger partial charge < -0.3 is 14.5 Å². The second kappa shape index (κ2) is 8.45. The second-order valence-corrected chi connectivity index (χ2v) is 2.80. The largest absolute Gasteiger partial charge is 0.444 e. The average Bonchev–Trinajstić information content (AvgIpc) is 2.02. The first-order valence-corrected chi connectivity index (χ1v) is 4.79. The van der Waals surface area contributed by atoms with E-state index in [0.29, 0.717) is 5.57 Å². The summed E-state index contributed by atoms with van der Waals surface area (Å²) in [6.07, 6.45) is -0.691. The number of esters is 1. The summed E-state index contributed by atoms with van der Waals surface area (Å²) in [4.78, 5) is 25.0. The number of nitriles is 1. The molecule has 0 amide bonds. The van der Waals surface area contributed by atoms with Crippen LogP contribution in [0.25, 0.3) is 0 Å². The molecule has 6 nitrogen and oxygen atoms in total. The molecule has 0 heterocycles.